The fraction of sp³-hybridized carbons (Fsp3) is 0.174. The lowest BCUT2D eigenvalue weighted by Gasteiger charge is -2.29. The Hall–Kier alpha value is -3.12. The van der Waals surface area contributed by atoms with Gasteiger partial charge in [0.05, 0.1) is 23.2 Å². The predicted molar refractivity (Wildman–Crippen MR) is 114 cm³/mol. The minimum Gasteiger partial charge on any atom is -0.497 e. The molecule has 150 valence electrons. The number of sulfone groups is 1. The largest absolute Gasteiger partial charge is 0.497 e. The molecule has 6 heteroatoms. The van der Waals surface area contributed by atoms with Gasteiger partial charge in [0.25, 0.3) is 0 Å². The van der Waals surface area contributed by atoms with E-state index in [1.165, 1.54) is 0 Å². The van der Waals surface area contributed by atoms with Crippen LogP contribution in [-0.4, -0.2) is 27.2 Å². The zero-order chi connectivity index (χ0) is 20.9. The predicted octanol–water partition coefficient (Wildman–Crippen LogP) is 4.07. The van der Waals surface area contributed by atoms with Gasteiger partial charge in [0.2, 0.25) is 5.91 Å². The Labute approximate surface area is 171 Å². The van der Waals surface area contributed by atoms with Crippen molar-refractivity contribution in [3.05, 3.63) is 90.5 Å². The van der Waals surface area contributed by atoms with E-state index in [9.17, 15) is 13.2 Å². The highest BCUT2D eigenvalue weighted by molar-refractivity contribution is 7.91. The van der Waals surface area contributed by atoms with Crippen LogP contribution in [-0.2, 0) is 20.0 Å². The van der Waals surface area contributed by atoms with Gasteiger partial charge in [-0.25, -0.2) is 8.42 Å². The van der Waals surface area contributed by atoms with Crippen LogP contribution in [0.1, 0.15) is 12.5 Å². The number of rotatable bonds is 7. The van der Waals surface area contributed by atoms with Crippen LogP contribution in [0.4, 0.5) is 5.69 Å². The summed E-state index contributed by atoms with van der Waals surface area (Å²) in [4.78, 5) is 13.5. The number of hydrogen-bond donors (Lipinski definition) is 1. The number of benzene rings is 3. The third-order valence-corrected chi connectivity index (χ3v) is 6.79. The van der Waals surface area contributed by atoms with Gasteiger partial charge in [0.15, 0.2) is 9.84 Å². The first-order valence-corrected chi connectivity index (χ1v) is 10.8. The fourth-order valence-corrected chi connectivity index (χ4v) is 4.92. The molecule has 0 aliphatic carbocycles. The minimum atomic E-state index is -3.71. The SMILES string of the molecule is COc1ccc(C(C)(CS(=O)(=O)c2ccccc2)C(=O)Nc2ccccc2)cc1. The maximum Gasteiger partial charge on any atom is 0.235 e. The molecule has 0 saturated carbocycles. The van der Waals surface area contributed by atoms with Crippen molar-refractivity contribution in [1.29, 1.82) is 0 Å². The lowest BCUT2D eigenvalue weighted by atomic mass is 9.83. The first-order chi connectivity index (χ1) is 13.8. The molecule has 0 radical (unpaired) electrons. The molecule has 1 atom stereocenters. The highest BCUT2D eigenvalue weighted by Gasteiger charge is 2.40. The first kappa shape index (κ1) is 20.6. The lowest BCUT2D eigenvalue weighted by molar-refractivity contribution is -0.120. The molecule has 0 bridgehead atoms. The number of carbonyl (C=O) groups excluding carboxylic acids is 1. The summed E-state index contributed by atoms with van der Waals surface area (Å²) in [5.74, 6) is -0.131. The van der Waals surface area contributed by atoms with Crippen molar-refractivity contribution in [1.82, 2.24) is 0 Å². The Morgan fingerprint density at radius 3 is 2.00 bits per heavy atom. The van der Waals surface area contributed by atoms with E-state index in [2.05, 4.69) is 5.32 Å². The van der Waals surface area contributed by atoms with Crippen LogP contribution < -0.4 is 10.1 Å². The Kier molecular flexibility index (Phi) is 6.03. The molecule has 0 fully saturated rings. The summed E-state index contributed by atoms with van der Waals surface area (Å²) in [6, 6.07) is 24.0. The van der Waals surface area contributed by atoms with Crippen molar-refractivity contribution < 1.29 is 17.9 Å². The standard InChI is InChI=1S/C23H23NO4S/c1-23(18-13-15-20(28-2)16-14-18,22(25)24-19-9-5-3-6-10-19)17-29(26,27)21-11-7-4-8-12-21/h3-16H,17H2,1-2H3,(H,24,25). The molecular formula is C23H23NO4S. The van der Waals surface area contributed by atoms with Crippen molar-refractivity contribution >= 4 is 21.4 Å². The minimum absolute atomic E-state index is 0.187. The number of carbonyl (C=O) groups is 1. The number of amides is 1. The van der Waals surface area contributed by atoms with Gasteiger partial charge < -0.3 is 10.1 Å². The average molecular weight is 410 g/mol. The zero-order valence-corrected chi connectivity index (χ0v) is 17.1. The summed E-state index contributed by atoms with van der Waals surface area (Å²) in [6.07, 6.45) is 0. The molecule has 0 aromatic heterocycles. The smallest absolute Gasteiger partial charge is 0.235 e. The van der Waals surface area contributed by atoms with E-state index in [4.69, 9.17) is 4.74 Å². The van der Waals surface area contributed by atoms with Gasteiger partial charge in [-0.05, 0) is 48.9 Å². The second kappa shape index (κ2) is 8.49. The molecule has 5 nitrogen and oxygen atoms in total. The molecule has 1 N–H and O–H groups in total. The molecule has 0 aliphatic rings. The molecule has 3 aromatic carbocycles. The van der Waals surface area contributed by atoms with Gasteiger partial charge in [-0.3, -0.25) is 4.79 Å². The Bertz CT molecular complexity index is 1060. The molecule has 0 heterocycles. The number of para-hydroxylation sites is 1. The van der Waals surface area contributed by atoms with E-state index < -0.39 is 21.2 Å². The average Bonchev–Trinajstić information content (AvgIpc) is 2.74. The molecule has 0 spiro atoms. The Balaban J connectivity index is 2.01. The molecular weight excluding hydrogens is 386 g/mol. The van der Waals surface area contributed by atoms with E-state index in [1.54, 1.807) is 92.9 Å². The van der Waals surface area contributed by atoms with Crippen molar-refractivity contribution in [3.8, 4) is 5.75 Å². The lowest BCUT2D eigenvalue weighted by Crippen LogP contribution is -2.43. The second-order valence-electron chi connectivity index (χ2n) is 6.95. The van der Waals surface area contributed by atoms with Gasteiger partial charge >= 0.3 is 0 Å². The quantitative estimate of drug-likeness (QED) is 0.639. The molecule has 1 amide bonds. The number of anilines is 1. The van der Waals surface area contributed by atoms with Gasteiger partial charge in [-0.15, -0.1) is 0 Å². The van der Waals surface area contributed by atoms with Crippen molar-refractivity contribution in [2.75, 3.05) is 18.2 Å². The van der Waals surface area contributed by atoms with E-state index in [0.29, 0.717) is 17.0 Å². The van der Waals surface area contributed by atoms with Crippen LogP contribution in [0, 0.1) is 0 Å². The third kappa shape index (κ3) is 4.66. The third-order valence-electron chi connectivity index (χ3n) is 4.84. The zero-order valence-electron chi connectivity index (χ0n) is 16.3. The van der Waals surface area contributed by atoms with Gasteiger partial charge in [0.1, 0.15) is 5.75 Å². The molecule has 29 heavy (non-hydrogen) atoms. The summed E-state index contributed by atoms with van der Waals surface area (Å²) < 4.78 is 31.4. The Morgan fingerprint density at radius 2 is 1.45 bits per heavy atom. The van der Waals surface area contributed by atoms with Crippen LogP contribution in [0.15, 0.2) is 89.8 Å². The van der Waals surface area contributed by atoms with E-state index in [-0.39, 0.29) is 10.6 Å². The summed E-state index contributed by atoms with van der Waals surface area (Å²) in [6.45, 7) is 1.65. The van der Waals surface area contributed by atoms with Gasteiger partial charge in [-0.1, -0.05) is 48.5 Å². The fourth-order valence-electron chi connectivity index (χ4n) is 3.12. The number of methoxy groups -OCH3 is 1. The number of ether oxygens (including phenoxy) is 1. The summed E-state index contributed by atoms with van der Waals surface area (Å²) in [7, 11) is -2.16. The molecule has 3 aromatic rings. The van der Waals surface area contributed by atoms with Crippen LogP contribution in [0.3, 0.4) is 0 Å². The summed E-state index contributed by atoms with van der Waals surface area (Å²) >= 11 is 0. The van der Waals surface area contributed by atoms with Crippen molar-refractivity contribution in [3.63, 3.8) is 0 Å². The highest BCUT2D eigenvalue weighted by atomic mass is 32.2. The van der Waals surface area contributed by atoms with E-state index in [1.807, 2.05) is 6.07 Å². The van der Waals surface area contributed by atoms with Gasteiger partial charge in [-0.2, -0.15) is 0 Å². The van der Waals surface area contributed by atoms with Gasteiger partial charge in [0, 0.05) is 5.69 Å². The molecule has 0 aliphatic heterocycles. The van der Waals surface area contributed by atoms with Crippen LogP contribution in [0.5, 0.6) is 5.75 Å². The molecule has 0 saturated heterocycles. The maximum atomic E-state index is 13.3. The molecule has 1 unspecified atom stereocenters. The number of nitrogens with one attached hydrogen (secondary N) is 1. The normalized spacial score (nSPS) is 13.3. The van der Waals surface area contributed by atoms with E-state index in [0.717, 1.165) is 0 Å². The maximum absolute atomic E-state index is 13.3. The molecule has 3 rings (SSSR count). The van der Waals surface area contributed by atoms with Crippen molar-refractivity contribution in [2.45, 2.75) is 17.2 Å². The monoisotopic (exact) mass is 409 g/mol. The van der Waals surface area contributed by atoms with Crippen LogP contribution >= 0.6 is 0 Å². The van der Waals surface area contributed by atoms with Crippen LogP contribution in [0.2, 0.25) is 0 Å². The highest BCUT2D eigenvalue weighted by Crippen LogP contribution is 2.31. The summed E-state index contributed by atoms with van der Waals surface area (Å²) in [5, 5.41) is 2.85. The second-order valence-corrected chi connectivity index (χ2v) is 8.94. The topological polar surface area (TPSA) is 72.5 Å². The summed E-state index contributed by atoms with van der Waals surface area (Å²) in [5.41, 5.74) is -0.114. The van der Waals surface area contributed by atoms with E-state index >= 15 is 0 Å². The number of hydrogen-bond acceptors (Lipinski definition) is 4. The van der Waals surface area contributed by atoms with Crippen LogP contribution in [0.25, 0.3) is 0 Å². The Morgan fingerprint density at radius 1 is 0.897 bits per heavy atom. The van der Waals surface area contributed by atoms with Crippen molar-refractivity contribution in [2.24, 2.45) is 0 Å². The first-order valence-electron chi connectivity index (χ1n) is 9.14.